The zero-order valence-electron chi connectivity index (χ0n) is 26.6. The average molecular weight is 624 g/mol. The molecule has 0 aliphatic carbocycles. The van der Waals surface area contributed by atoms with Gasteiger partial charge in [-0.2, -0.15) is 0 Å². The molecule has 0 spiro atoms. The first-order valence-corrected chi connectivity index (χ1v) is 15.3. The zero-order chi connectivity index (χ0) is 33.3. The van der Waals surface area contributed by atoms with Crippen LogP contribution in [-0.4, -0.2) is 30.2 Å². The number of imide groups is 1. The highest BCUT2D eigenvalue weighted by Crippen LogP contribution is 2.34. The second-order valence-corrected chi connectivity index (χ2v) is 12.1. The number of fused-ring (bicyclic) bond motifs is 1. The fourth-order valence-corrected chi connectivity index (χ4v) is 5.58. The van der Waals surface area contributed by atoms with E-state index in [-0.39, 0.29) is 27.9 Å². The Morgan fingerprint density at radius 1 is 0.638 bits per heavy atom. The van der Waals surface area contributed by atoms with Crippen LogP contribution in [0, 0.1) is 13.8 Å². The largest absolute Gasteiger partial charge is 0.457 e. The molecule has 6 rings (SSSR count). The van der Waals surface area contributed by atoms with E-state index in [9.17, 15) is 19.2 Å². The number of aryl methyl sites for hydroxylation is 2. The van der Waals surface area contributed by atoms with Crippen LogP contribution in [0.3, 0.4) is 0 Å². The van der Waals surface area contributed by atoms with Gasteiger partial charge in [0.15, 0.2) is 12.4 Å². The number of carbonyl (C=O) groups excluding carboxylic acids is 4. The Bertz CT molecular complexity index is 2010. The van der Waals surface area contributed by atoms with Gasteiger partial charge in [-0.1, -0.05) is 68.4 Å². The van der Waals surface area contributed by atoms with E-state index < -0.39 is 24.4 Å². The number of ether oxygens (including phenoxy) is 2. The maximum absolute atomic E-state index is 13.4. The van der Waals surface area contributed by atoms with Crippen molar-refractivity contribution in [1.82, 2.24) is 0 Å². The molecule has 0 N–H and O–H groups in total. The van der Waals surface area contributed by atoms with Crippen molar-refractivity contribution in [2.24, 2.45) is 0 Å². The number of nitrogens with zero attached hydrogens (tertiary/aromatic N) is 1. The third-order valence-corrected chi connectivity index (χ3v) is 8.69. The number of esters is 1. The number of anilines is 1. The minimum absolute atomic E-state index is 0.0709. The molecule has 0 aromatic heterocycles. The second-order valence-electron chi connectivity index (χ2n) is 12.1. The molecule has 5 aromatic carbocycles. The fourth-order valence-electron chi connectivity index (χ4n) is 5.58. The number of ketones is 1. The normalized spacial score (nSPS) is 12.6. The molecular weight excluding hydrogens is 590 g/mol. The molecule has 1 aliphatic rings. The van der Waals surface area contributed by atoms with Gasteiger partial charge in [0.2, 0.25) is 0 Å². The molecule has 0 bridgehead atoms. The average Bonchev–Trinajstić information content (AvgIpc) is 3.34. The fraction of sp³-hybridized carbons (Fsp3) is 0.150. The standard InChI is InChI=1S/C40H33NO6/c1-25-10-11-27(22-26(25)2)36(42)24-46-39(45)28-12-21-34-35(23-28)38(44)41(37(34)43)31-15-19-33(20-16-31)47-32-17-13-30(14-18-32)40(3,4)29-8-6-5-7-9-29/h5-23H,24H2,1-4H3. The summed E-state index contributed by atoms with van der Waals surface area (Å²) in [7, 11) is 0. The number of rotatable bonds is 9. The van der Waals surface area contributed by atoms with Gasteiger partial charge < -0.3 is 9.47 Å². The number of hydrogen-bond donors (Lipinski definition) is 0. The number of Topliss-reactive ketones (excluding diaryl/α,β-unsaturated/α-hetero) is 1. The summed E-state index contributed by atoms with van der Waals surface area (Å²) in [6.45, 7) is 7.77. The van der Waals surface area contributed by atoms with Crippen molar-refractivity contribution in [3.8, 4) is 11.5 Å². The van der Waals surface area contributed by atoms with Gasteiger partial charge in [0.1, 0.15) is 11.5 Å². The Kier molecular flexibility index (Phi) is 8.31. The van der Waals surface area contributed by atoms with Crippen molar-refractivity contribution < 1.29 is 28.7 Å². The molecule has 0 saturated carbocycles. The summed E-state index contributed by atoms with van der Waals surface area (Å²) < 4.78 is 11.3. The highest BCUT2D eigenvalue weighted by atomic mass is 16.5. The Morgan fingerprint density at radius 2 is 1.23 bits per heavy atom. The highest BCUT2D eigenvalue weighted by molar-refractivity contribution is 6.34. The van der Waals surface area contributed by atoms with E-state index in [4.69, 9.17) is 9.47 Å². The van der Waals surface area contributed by atoms with Gasteiger partial charge >= 0.3 is 5.97 Å². The quantitative estimate of drug-likeness (QED) is 0.0933. The highest BCUT2D eigenvalue weighted by Gasteiger charge is 2.37. The molecule has 0 unspecified atom stereocenters. The third-order valence-electron chi connectivity index (χ3n) is 8.69. The predicted molar refractivity (Wildman–Crippen MR) is 180 cm³/mol. The molecular formula is C40H33NO6. The van der Waals surface area contributed by atoms with Crippen molar-refractivity contribution in [2.45, 2.75) is 33.1 Å². The van der Waals surface area contributed by atoms with E-state index in [1.165, 1.54) is 23.8 Å². The van der Waals surface area contributed by atoms with Gasteiger partial charge in [0, 0.05) is 11.0 Å². The maximum atomic E-state index is 13.4. The lowest BCUT2D eigenvalue weighted by molar-refractivity contribution is 0.0474. The van der Waals surface area contributed by atoms with E-state index >= 15 is 0 Å². The van der Waals surface area contributed by atoms with Crippen LogP contribution in [-0.2, 0) is 10.2 Å². The van der Waals surface area contributed by atoms with Crippen LogP contribution in [0.15, 0.2) is 115 Å². The van der Waals surface area contributed by atoms with Crippen molar-refractivity contribution in [3.63, 3.8) is 0 Å². The lowest BCUT2D eigenvalue weighted by Gasteiger charge is -2.26. The van der Waals surface area contributed by atoms with Gasteiger partial charge in [0.05, 0.1) is 22.4 Å². The number of benzene rings is 5. The summed E-state index contributed by atoms with van der Waals surface area (Å²) in [5.74, 6) is -0.961. The minimum Gasteiger partial charge on any atom is -0.457 e. The lowest BCUT2D eigenvalue weighted by atomic mass is 9.78. The number of carbonyl (C=O) groups is 4. The monoisotopic (exact) mass is 623 g/mol. The Balaban J connectivity index is 1.10. The molecule has 0 atom stereocenters. The van der Waals surface area contributed by atoms with Crippen LogP contribution >= 0.6 is 0 Å². The Hall–Kier alpha value is -5.82. The molecule has 5 aromatic rings. The number of hydrogen-bond acceptors (Lipinski definition) is 6. The molecule has 0 radical (unpaired) electrons. The smallest absolute Gasteiger partial charge is 0.338 e. The van der Waals surface area contributed by atoms with Crippen LogP contribution in [0.1, 0.15) is 77.5 Å². The first-order valence-electron chi connectivity index (χ1n) is 15.3. The first kappa shape index (κ1) is 31.2. The number of amides is 2. The lowest BCUT2D eigenvalue weighted by Crippen LogP contribution is -2.29. The van der Waals surface area contributed by atoms with Gasteiger partial charge in [-0.25, -0.2) is 9.69 Å². The van der Waals surface area contributed by atoms with Crippen LogP contribution in [0.25, 0.3) is 0 Å². The molecule has 234 valence electrons. The van der Waals surface area contributed by atoms with Crippen molar-refractivity contribution in [3.05, 3.63) is 160 Å². The van der Waals surface area contributed by atoms with Crippen molar-refractivity contribution >= 4 is 29.3 Å². The van der Waals surface area contributed by atoms with Gasteiger partial charge in [-0.3, -0.25) is 14.4 Å². The van der Waals surface area contributed by atoms with E-state index in [2.05, 4.69) is 26.0 Å². The second kappa shape index (κ2) is 12.5. The molecule has 47 heavy (non-hydrogen) atoms. The van der Waals surface area contributed by atoms with E-state index in [0.717, 1.165) is 21.6 Å². The summed E-state index contributed by atoms with van der Waals surface area (Å²) in [6, 6.07) is 34.3. The predicted octanol–water partition coefficient (Wildman–Crippen LogP) is 8.26. The topological polar surface area (TPSA) is 90.0 Å². The van der Waals surface area contributed by atoms with Crippen molar-refractivity contribution in [1.29, 1.82) is 0 Å². The first-order chi connectivity index (χ1) is 22.5. The SMILES string of the molecule is Cc1ccc(C(=O)COC(=O)c2ccc3c(c2)C(=O)N(c2ccc(Oc4ccc(C(C)(C)c5ccccc5)cc4)cc2)C3=O)cc1C. The summed E-state index contributed by atoms with van der Waals surface area (Å²) in [5.41, 5.74) is 5.36. The molecule has 7 heteroatoms. The molecule has 0 fully saturated rings. The zero-order valence-corrected chi connectivity index (χ0v) is 26.6. The van der Waals surface area contributed by atoms with Crippen LogP contribution in [0.4, 0.5) is 5.69 Å². The minimum atomic E-state index is -0.762. The van der Waals surface area contributed by atoms with E-state index in [1.807, 2.05) is 62.4 Å². The van der Waals surface area contributed by atoms with Gasteiger partial charge in [-0.15, -0.1) is 0 Å². The van der Waals surface area contributed by atoms with Gasteiger partial charge in [0.25, 0.3) is 11.8 Å². The van der Waals surface area contributed by atoms with Crippen LogP contribution in [0.2, 0.25) is 0 Å². The van der Waals surface area contributed by atoms with Crippen molar-refractivity contribution in [2.75, 3.05) is 11.5 Å². The molecule has 7 nitrogen and oxygen atoms in total. The van der Waals surface area contributed by atoms with E-state index in [1.54, 1.807) is 36.4 Å². The summed E-state index contributed by atoms with van der Waals surface area (Å²) in [6.07, 6.45) is 0. The molecule has 1 heterocycles. The summed E-state index contributed by atoms with van der Waals surface area (Å²) >= 11 is 0. The maximum Gasteiger partial charge on any atom is 0.338 e. The van der Waals surface area contributed by atoms with Gasteiger partial charge in [-0.05, 0) is 96.8 Å². The molecule has 2 amide bonds. The Labute approximate surface area is 273 Å². The van der Waals surface area contributed by atoms with Crippen LogP contribution < -0.4 is 9.64 Å². The third kappa shape index (κ3) is 6.20. The molecule has 1 aliphatic heterocycles. The molecule has 0 saturated heterocycles. The summed E-state index contributed by atoms with van der Waals surface area (Å²) in [5, 5.41) is 0. The van der Waals surface area contributed by atoms with E-state index in [0.29, 0.717) is 22.7 Å². The Morgan fingerprint density at radius 3 is 1.89 bits per heavy atom. The summed E-state index contributed by atoms with van der Waals surface area (Å²) in [4.78, 5) is 53.0. The van der Waals surface area contributed by atoms with Crippen LogP contribution in [0.5, 0.6) is 11.5 Å².